The molecule has 0 radical (unpaired) electrons. The molecule has 3 aromatic heterocycles. The summed E-state index contributed by atoms with van der Waals surface area (Å²) in [7, 11) is -4.80. The predicted octanol–water partition coefficient (Wildman–Crippen LogP) is 6.96. The van der Waals surface area contributed by atoms with Crippen LogP contribution in [-0.4, -0.2) is 85.5 Å². The number of ether oxygens (including phenoxy) is 3. The number of hydrogen-bond acceptors (Lipinski definition) is 13. The van der Waals surface area contributed by atoms with Crippen molar-refractivity contribution in [3.8, 4) is 11.9 Å². The molecule has 0 aromatic carbocycles. The second kappa shape index (κ2) is 23.5. The number of phosphoric ester groups is 1. The molecule has 0 saturated carbocycles. The number of fused-ring (bicyclic) bond motifs is 1. The summed E-state index contributed by atoms with van der Waals surface area (Å²) < 4.78 is 42.1. The summed E-state index contributed by atoms with van der Waals surface area (Å²) in [6.07, 6.45) is 18.4. The van der Waals surface area contributed by atoms with Crippen LogP contribution in [0.3, 0.4) is 0 Å². The number of rotatable bonds is 28. The normalized spacial score (nSPS) is 21.1. The summed E-state index contributed by atoms with van der Waals surface area (Å²) in [5.74, 6) is 0.134. The Morgan fingerprint density at radius 1 is 0.964 bits per heavy atom. The van der Waals surface area contributed by atoms with Crippen LogP contribution in [0.4, 0.5) is 11.5 Å². The number of anilines is 1. The van der Waals surface area contributed by atoms with Gasteiger partial charge >= 0.3 is 7.82 Å². The molecule has 56 heavy (non-hydrogen) atoms. The van der Waals surface area contributed by atoms with E-state index in [1.54, 1.807) is 12.1 Å². The number of nitrogens with zero attached hydrogens (tertiary/aromatic N) is 6. The quantitative estimate of drug-likeness (QED) is 0.0332. The second-order valence-corrected chi connectivity index (χ2v) is 15.7. The molecule has 0 spiro atoms. The molecule has 4 rings (SSSR count). The molecule has 1 fully saturated rings. The van der Waals surface area contributed by atoms with Crippen molar-refractivity contribution in [1.29, 1.82) is 5.26 Å². The summed E-state index contributed by atoms with van der Waals surface area (Å²) >= 11 is 0. The van der Waals surface area contributed by atoms with Crippen LogP contribution >= 0.6 is 7.82 Å². The average Bonchev–Trinajstić information content (AvgIpc) is 3.75. The van der Waals surface area contributed by atoms with E-state index in [0.29, 0.717) is 17.8 Å². The zero-order chi connectivity index (χ0) is 40.2. The molecule has 0 aliphatic carbocycles. The van der Waals surface area contributed by atoms with E-state index in [9.17, 15) is 24.9 Å². The molecular weight excluding hydrogens is 741 g/mol. The van der Waals surface area contributed by atoms with Gasteiger partial charge in [-0.15, -0.1) is 4.98 Å². The molecule has 4 heterocycles. The first-order chi connectivity index (χ1) is 27.1. The lowest BCUT2D eigenvalue weighted by atomic mass is 9.92. The van der Waals surface area contributed by atoms with Crippen LogP contribution in [0.1, 0.15) is 115 Å². The van der Waals surface area contributed by atoms with Crippen molar-refractivity contribution in [3.05, 3.63) is 53.9 Å². The number of unbranched alkanes of at least 4 members (excludes halogenated alkanes) is 15. The second-order valence-electron chi connectivity index (χ2n) is 14.2. The van der Waals surface area contributed by atoms with Crippen LogP contribution in [0, 0.1) is 17.9 Å². The molecule has 0 bridgehead atoms. The van der Waals surface area contributed by atoms with Gasteiger partial charge in [-0.05, 0) is 24.6 Å². The lowest BCUT2D eigenvalue weighted by Crippen LogP contribution is -2.41. The van der Waals surface area contributed by atoms with Crippen molar-refractivity contribution in [2.45, 2.75) is 140 Å². The van der Waals surface area contributed by atoms with Crippen molar-refractivity contribution < 1.29 is 42.9 Å². The number of aliphatic hydroxyl groups excluding tert-OH is 2. The summed E-state index contributed by atoms with van der Waals surface area (Å²) in [4.78, 5) is 21.8. The first-order valence-electron chi connectivity index (χ1n) is 19.9. The van der Waals surface area contributed by atoms with Crippen molar-refractivity contribution in [2.24, 2.45) is 0 Å². The Hall–Kier alpha value is -3.70. The van der Waals surface area contributed by atoms with Gasteiger partial charge in [0.1, 0.15) is 30.5 Å². The van der Waals surface area contributed by atoms with Crippen molar-refractivity contribution in [1.82, 2.24) is 19.6 Å². The maximum absolute atomic E-state index is 13.0. The van der Waals surface area contributed by atoms with Crippen molar-refractivity contribution in [3.63, 3.8) is 0 Å². The monoisotopic (exact) mass is 799 g/mol. The molecule has 1 unspecified atom stereocenters. The zero-order valence-electron chi connectivity index (χ0n) is 32.4. The Labute approximate surface area is 329 Å². The van der Waals surface area contributed by atoms with Crippen LogP contribution < -0.4 is 10.5 Å². The highest BCUT2D eigenvalue weighted by atomic mass is 31.2. The van der Waals surface area contributed by atoms with Gasteiger partial charge in [0.25, 0.3) is 11.7 Å². The van der Waals surface area contributed by atoms with Crippen molar-refractivity contribution in [2.75, 3.05) is 32.2 Å². The molecule has 17 heteroatoms. The number of aromatic nitrogens is 4. The van der Waals surface area contributed by atoms with Gasteiger partial charge in [0.15, 0.2) is 6.20 Å². The lowest BCUT2D eigenvalue weighted by Gasteiger charge is -2.24. The fourth-order valence-electron chi connectivity index (χ4n) is 6.70. The number of phosphoric acid groups is 1. The predicted molar refractivity (Wildman–Crippen MR) is 209 cm³/mol. The third-order valence-electron chi connectivity index (χ3n) is 9.88. The maximum atomic E-state index is 13.0. The molecular formula is C39H58N7O9P. The average molecular weight is 800 g/mol. The molecule has 1 aliphatic rings. The molecule has 308 valence electrons. The lowest BCUT2D eigenvalue weighted by molar-refractivity contribution is -0.0652. The van der Waals surface area contributed by atoms with Gasteiger partial charge in [0, 0.05) is 12.8 Å². The Kier molecular flexibility index (Phi) is 18.9. The topological polar surface area (TPSA) is 221 Å². The van der Waals surface area contributed by atoms with E-state index in [4.69, 9.17) is 35.6 Å². The van der Waals surface area contributed by atoms with Crippen LogP contribution in [0.25, 0.3) is 10.4 Å². The summed E-state index contributed by atoms with van der Waals surface area (Å²) in [5.41, 5.74) is 4.84. The smallest absolute Gasteiger partial charge is 0.467 e. The Bertz CT molecular complexity index is 1730. The van der Waals surface area contributed by atoms with Gasteiger partial charge in [-0.1, -0.05) is 110 Å². The molecule has 0 amide bonds. The summed E-state index contributed by atoms with van der Waals surface area (Å²) in [6.45, 7) is 8.62. The fraction of sp³-hybridized carbons (Fsp3) is 0.667. The van der Waals surface area contributed by atoms with E-state index < -0.39 is 51.1 Å². The van der Waals surface area contributed by atoms with E-state index in [0.717, 1.165) is 19.3 Å². The van der Waals surface area contributed by atoms with Gasteiger partial charge in [-0.2, -0.15) is 10.4 Å². The molecule has 5 N–H and O–H groups in total. The largest absolute Gasteiger partial charge is 0.472 e. The standard InChI is InChI=1S/C39H58N7O9P/c1-3-4-5-6-7-8-9-10-11-12-13-14-15-16-17-18-23-51-26-30(54-36-25-43-35(42-2)24-44-36)27-52-56(49,50)53-28-33-37(47)38(48)39(29-40,55-33)34-20-19-32-31(41)21-22-45-46(32)34/h19-22,24-25,30,33,37-38,47-48H,3-18,23,26-28,41H2,1H3,(H,49,50)/t30-,33-,37-,38-,39+/m1/s1. The first-order valence-corrected chi connectivity index (χ1v) is 21.4. The first kappa shape index (κ1) is 45.0. The highest BCUT2D eigenvalue weighted by molar-refractivity contribution is 7.47. The Balaban J connectivity index is 1.18. The van der Waals surface area contributed by atoms with E-state index >= 15 is 0 Å². The van der Waals surface area contributed by atoms with Crippen LogP contribution in [0.15, 0.2) is 36.8 Å². The Morgan fingerprint density at radius 3 is 2.20 bits per heavy atom. The molecule has 1 saturated heterocycles. The minimum absolute atomic E-state index is 0.00383. The van der Waals surface area contributed by atoms with Gasteiger partial charge in [0.2, 0.25) is 5.60 Å². The number of nitriles is 1. The van der Waals surface area contributed by atoms with E-state index in [1.165, 1.54) is 113 Å². The fourth-order valence-corrected chi connectivity index (χ4v) is 7.46. The molecule has 3 aromatic rings. The third kappa shape index (κ3) is 13.5. The van der Waals surface area contributed by atoms with E-state index in [-0.39, 0.29) is 24.0 Å². The summed E-state index contributed by atoms with van der Waals surface area (Å²) in [6, 6.07) is 6.56. The van der Waals surface area contributed by atoms with Gasteiger partial charge in [-0.25, -0.2) is 14.1 Å². The van der Waals surface area contributed by atoms with Gasteiger partial charge in [-0.3, -0.25) is 9.05 Å². The molecule has 6 atom stereocenters. The summed E-state index contributed by atoms with van der Waals surface area (Å²) in [5, 5.41) is 36.1. The van der Waals surface area contributed by atoms with Crippen LogP contribution in [-0.2, 0) is 28.7 Å². The maximum Gasteiger partial charge on any atom is 0.472 e. The minimum atomic E-state index is -4.80. The van der Waals surface area contributed by atoms with Gasteiger partial charge in [0.05, 0.1) is 42.9 Å². The highest BCUT2D eigenvalue weighted by Crippen LogP contribution is 2.46. The van der Waals surface area contributed by atoms with Crippen LogP contribution in [0.2, 0.25) is 0 Å². The Morgan fingerprint density at radius 2 is 1.61 bits per heavy atom. The number of hydrogen-bond donors (Lipinski definition) is 4. The van der Waals surface area contributed by atoms with Crippen LogP contribution in [0.5, 0.6) is 5.88 Å². The van der Waals surface area contributed by atoms with E-state index in [1.807, 2.05) is 6.07 Å². The number of nitrogen functional groups attached to an aromatic ring is 1. The molecule has 1 aliphatic heterocycles. The van der Waals surface area contributed by atoms with Gasteiger partial charge < -0.3 is 39.9 Å². The zero-order valence-corrected chi connectivity index (χ0v) is 33.3. The number of nitrogens with two attached hydrogens (primary N) is 1. The SMILES string of the molecule is [C-]#[N+]c1cnc(O[C@H](COCCCCCCCCCCCCCCCCCC)COP(=O)(O)OC[C@H]2O[C@@](C#N)(c3ccc4c(N)ccnn34)[C@H](O)[C@@H]2O)cn1. The minimum Gasteiger partial charge on any atom is -0.467 e. The van der Waals surface area contributed by atoms with E-state index in [2.05, 4.69) is 26.8 Å². The van der Waals surface area contributed by atoms with Crippen molar-refractivity contribution >= 4 is 24.8 Å². The third-order valence-corrected chi connectivity index (χ3v) is 10.8. The highest BCUT2D eigenvalue weighted by Gasteiger charge is 2.58. The molecule has 16 nitrogen and oxygen atoms in total. The number of aliphatic hydroxyl groups is 2.